The van der Waals surface area contributed by atoms with E-state index in [1.807, 2.05) is 6.07 Å². The Labute approximate surface area is 170 Å². The lowest BCUT2D eigenvalue weighted by Crippen LogP contribution is -2.43. The van der Waals surface area contributed by atoms with E-state index in [4.69, 9.17) is 0 Å². The van der Waals surface area contributed by atoms with Crippen molar-refractivity contribution in [3.05, 3.63) is 51.6 Å². The monoisotopic (exact) mass is 474 g/mol. The molecule has 0 spiro atoms. The number of benzene rings is 1. The number of nitrogens with one attached hydrogen (secondary N) is 1. The second-order valence-corrected chi connectivity index (χ2v) is 11.0. The van der Waals surface area contributed by atoms with Crippen molar-refractivity contribution < 1.29 is 17.6 Å². The molecule has 0 saturated carbocycles. The number of amides is 1. The number of sulfonamides is 1. The van der Waals surface area contributed by atoms with Crippen LogP contribution in [0.25, 0.3) is 0 Å². The van der Waals surface area contributed by atoms with Crippen molar-refractivity contribution in [2.45, 2.75) is 23.5 Å². The maximum Gasteiger partial charge on any atom is 0.252 e. The van der Waals surface area contributed by atoms with Gasteiger partial charge in [-0.1, -0.05) is 12.1 Å². The maximum atomic E-state index is 13.2. The van der Waals surface area contributed by atoms with Gasteiger partial charge in [-0.15, -0.1) is 11.3 Å². The second kappa shape index (κ2) is 8.81. The van der Waals surface area contributed by atoms with Crippen molar-refractivity contribution in [1.29, 1.82) is 0 Å². The van der Waals surface area contributed by atoms with E-state index in [9.17, 15) is 17.6 Å². The molecule has 1 aliphatic heterocycles. The Hall–Kier alpha value is -1.29. The van der Waals surface area contributed by atoms with Gasteiger partial charge in [-0.3, -0.25) is 4.79 Å². The fourth-order valence-electron chi connectivity index (χ4n) is 3.09. The zero-order valence-electron chi connectivity index (χ0n) is 14.5. The molecular weight excluding hydrogens is 455 g/mol. The van der Waals surface area contributed by atoms with Crippen LogP contribution >= 0.6 is 27.3 Å². The van der Waals surface area contributed by atoms with Crippen molar-refractivity contribution in [3.63, 3.8) is 0 Å². The molecule has 1 aromatic carbocycles. The number of halogens is 2. The van der Waals surface area contributed by atoms with Crippen LogP contribution < -0.4 is 5.32 Å². The van der Waals surface area contributed by atoms with Gasteiger partial charge in [0.05, 0.1) is 3.79 Å². The summed E-state index contributed by atoms with van der Waals surface area (Å²) in [7, 11) is -3.49. The number of hydrogen-bond donors (Lipinski definition) is 1. The van der Waals surface area contributed by atoms with Crippen molar-refractivity contribution in [2.75, 3.05) is 19.6 Å². The van der Waals surface area contributed by atoms with Crippen LogP contribution in [0.2, 0.25) is 0 Å². The SMILES string of the molecule is O=C(NCCc1cccc(F)c1)C1CCN(S(=O)(=O)c2ccc(Br)s2)CC1. The first-order valence-electron chi connectivity index (χ1n) is 8.64. The van der Waals surface area contributed by atoms with Gasteiger partial charge in [0, 0.05) is 25.6 Å². The van der Waals surface area contributed by atoms with Gasteiger partial charge in [-0.25, -0.2) is 12.8 Å². The summed E-state index contributed by atoms with van der Waals surface area (Å²) >= 11 is 4.47. The van der Waals surface area contributed by atoms with Crippen LogP contribution in [-0.2, 0) is 21.2 Å². The van der Waals surface area contributed by atoms with Crippen LogP contribution in [0.3, 0.4) is 0 Å². The number of thiophene rings is 1. The van der Waals surface area contributed by atoms with Crippen LogP contribution in [0, 0.1) is 11.7 Å². The Morgan fingerprint density at radius 1 is 1.26 bits per heavy atom. The number of nitrogens with zero attached hydrogens (tertiary/aromatic N) is 1. The number of rotatable bonds is 6. The average Bonchev–Trinajstić information content (AvgIpc) is 3.09. The Morgan fingerprint density at radius 2 is 2.00 bits per heavy atom. The lowest BCUT2D eigenvalue weighted by Gasteiger charge is -2.30. The minimum atomic E-state index is -3.49. The number of piperidine rings is 1. The molecule has 1 fully saturated rings. The summed E-state index contributed by atoms with van der Waals surface area (Å²) in [6.07, 6.45) is 1.55. The molecular formula is C18H20BrFN2O3S2. The number of carbonyl (C=O) groups is 1. The molecule has 0 aliphatic carbocycles. The third-order valence-electron chi connectivity index (χ3n) is 4.57. The Bertz CT molecular complexity index is 909. The van der Waals surface area contributed by atoms with Crippen LogP contribution in [0.4, 0.5) is 4.39 Å². The zero-order chi connectivity index (χ0) is 19.4. The van der Waals surface area contributed by atoms with Gasteiger partial charge in [0.15, 0.2) is 0 Å². The van der Waals surface area contributed by atoms with Gasteiger partial charge >= 0.3 is 0 Å². The minimum Gasteiger partial charge on any atom is -0.356 e. The zero-order valence-corrected chi connectivity index (χ0v) is 17.7. The van der Waals surface area contributed by atoms with E-state index in [1.165, 1.54) is 27.8 Å². The van der Waals surface area contributed by atoms with Crippen LogP contribution in [0.5, 0.6) is 0 Å². The highest BCUT2D eigenvalue weighted by atomic mass is 79.9. The van der Waals surface area contributed by atoms with Crippen LogP contribution in [-0.4, -0.2) is 38.3 Å². The highest BCUT2D eigenvalue weighted by molar-refractivity contribution is 9.11. The molecule has 2 aromatic rings. The second-order valence-electron chi connectivity index (χ2n) is 6.41. The van der Waals surface area contributed by atoms with Crippen molar-refractivity contribution >= 4 is 43.2 Å². The van der Waals surface area contributed by atoms with Crippen LogP contribution in [0.1, 0.15) is 18.4 Å². The molecule has 0 radical (unpaired) electrons. The third kappa shape index (κ3) is 5.16. The van der Waals surface area contributed by atoms with E-state index >= 15 is 0 Å². The summed E-state index contributed by atoms with van der Waals surface area (Å²) in [5.41, 5.74) is 0.832. The Balaban J connectivity index is 1.48. The molecule has 0 atom stereocenters. The maximum absolute atomic E-state index is 13.2. The molecule has 0 unspecified atom stereocenters. The normalized spacial score (nSPS) is 16.4. The standard InChI is InChI=1S/C18H20BrFN2O3S2/c19-16-4-5-17(26-16)27(24,25)22-10-7-14(8-11-22)18(23)21-9-6-13-2-1-3-15(20)12-13/h1-5,12,14H,6-11H2,(H,21,23). The highest BCUT2D eigenvalue weighted by Gasteiger charge is 2.32. The fourth-order valence-corrected chi connectivity index (χ4v) is 6.72. The van der Waals surface area contributed by atoms with Gasteiger partial charge in [0.2, 0.25) is 5.91 Å². The van der Waals surface area contributed by atoms with Crippen molar-refractivity contribution in [3.8, 4) is 0 Å². The molecule has 1 saturated heterocycles. The molecule has 1 aromatic heterocycles. The van der Waals surface area contributed by atoms with Gasteiger partial charge in [-0.05, 0) is 65.0 Å². The molecule has 5 nitrogen and oxygen atoms in total. The first-order valence-corrected chi connectivity index (χ1v) is 11.7. The highest BCUT2D eigenvalue weighted by Crippen LogP contribution is 2.30. The largest absolute Gasteiger partial charge is 0.356 e. The quantitative estimate of drug-likeness (QED) is 0.697. The van der Waals surface area contributed by atoms with E-state index in [0.717, 1.165) is 9.35 Å². The fraction of sp³-hybridized carbons (Fsp3) is 0.389. The van der Waals surface area contributed by atoms with Gasteiger partial charge in [0.25, 0.3) is 10.0 Å². The molecule has 146 valence electrons. The topological polar surface area (TPSA) is 66.5 Å². The molecule has 1 amide bonds. The molecule has 27 heavy (non-hydrogen) atoms. The molecule has 9 heteroatoms. The Morgan fingerprint density at radius 3 is 2.63 bits per heavy atom. The summed E-state index contributed by atoms with van der Waals surface area (Å²) in [4.78, 5) is 12.3. The average molecular weight is 475 g/mol. The van der Waals surface area contributed by atoms with Gasteiger partial charge in [0.1, 0.15) is 10.0 Å². The molecule has 3 rings (SSSR count). The number of carbonyl (C=O) groups excluding carboxylic acids is 1. The third-order valence-corrected chi connectivity index (χ3v) is 8.56. The lowest BCUT2D eigenvalue weighted by molar-refractivity contribution is -0.126. The first kappa shape index (κ1) is 20.4. The predicted octanol–water partition coefficient (Wildman–Crippen LogP) is 3.41. The summed E-state index contributed by atoms with van der Waals surface area (Å²) < 4.78 is 40.9. The van der Waals surface area contributed by atoms with E-state index in [2.05, 4.69) is 21.2 Å². The van der Waals surface area contributed by atoms with Gasteiger partial charge < -0.3 is 5.32 Å². The van der Waals surface area contributed by atoms with E-state index in [1.54, 1.807) is 18.2 Å². The molecule has 1 aliphatic rings. The summed E-state index contributed by atoms with van der Waals surface area (Å²) in [6.45, 7) is 1.10. The minimum absolute atomic E-state index is 0.0673. The number of hydrogen-bond acceptors (Lipinski definition) is 4. The Kier molecular flexibility index (Phi) is 6.67. The van der Waals surface area contributed by atoms with Crippen molar-refractivity contribution in [1.82, 2.24) is 9.62 Å². The van der Waals surface area contributed by atoms with Crippen molar-refractivity contribution in [2.24, 2.45) is 5.92 Å². The summed E-state index contributed by atoms with van der Waals surface area (Å²) in [6, 6.07) is 9.62. The summed E-state index contributed by atoms with van der Waals surface area (Å²) in [5.74, 6) is -0.550. The predicted molar refractivity (Wildman–Crippen MR) is 107 cm³/mol. The smallest absolute Gasteiger partial charge is 0.252 e. The van der Waals surface area contributed by atoms with E-state index in [0.29, 0.717) is 43.1 Å². The lowest BCUT2D eigenvalue weighted by atomic mass is 9.97. The van der Waals surface area contributed by atoms with E-state index < -0.39 is 10.0 Å². The van der Waals surface area contributed by atoms with E-state index in [-0.39, 0.29) is 17.6 Å². The summed E-state index contributed by atoms with van der Waals surface area (Å²) in [5, 5.41) is 2.88. The van der Waals surface area contributed by atoms with Crippen LogP contribution in [0.15, 0.2) is 44.4 Å². The van der Waals surface area contributed by atoms with Gasteiger partial charge in [-0.2, -0.15) is 4.31 Å². The molecule has 0 bridgehead atoms. The molecule has 1 N–H and O–H groups in total. The molecule has 2 heterocycles. The first-order chi connectivity index (χ1) is 12.9.